The molecule has 0 spiro atoms. The average molecular weight is 559 g/mol. The Hall–Kier alpha value is -4.92. The van der Waals surface area contributed by atoms with Crippen LogP contribution in [0.5, 0.6) is 28.7 Å². The van der Waals surface area contributed by atoms with Crippen molar-refractivity contribution in [1.29, 1.82) is 0 Å². The first-order chi connectivity index (χ1) is 19.9. The van der Waals surface area contributed by atoms with Gasteiger partial charge in [0.1, 0.15) is 5.75 Å². The maximum atomic E-state index is 13.7. The predicted molar refractivity (Wildman–Crippen MR) is 158 cm³/mol. The topological polar surface area (TPSA) is 104 Å². The van der Waals surface area contributed by atoms with Crippen LogP contribution >= 0.6 is 0 Å². The molecule has 2 N–H and O–H groups in total. The summed E-state index contributed by atoms with van der Waals surface area (Å²) in [6.45, 7) is 0. The van der Waals surface area contributed by atoms with E-state index in [1.54, 1.807) is 71.9 Å². The first kappa shape index (κ1) is 29.1. The maximum absolute atomic E-state index is 13.7. The third-order valence-corrected chi connectivity index (χ3v) is 6.68. The molecule has 2 amide bonds. The highest BCUT2D eigenvalue weighted by molar-refractivity contribution is 6.14. The number of carbonyl (C=O) groups is 2. The highest BCUT2D eigenvalue weighted by Crippen LogP contribution is 2.34. The number of hydrogen-bond acceptors (Lipinski definition) is 7. The molecule has 0 heterocycles. The van der Waals surface area contributed by atoms with Gasteiger partial charge in [-0.05, 0) is 72.5 Å². The number of rotatable bonds is 9. The number of nitrogens with one attached hydrogen (secondary N) is 2. The zero-order chi connectivity index (χ0) is 29.4. The predicted octanol–water partition coefficient (Wildman–Crippen LogP) is 5.75. The SMILES string of the molecule is COc1cccc(NC(=O)NC2C/C(=C\c3ccc(OC)c(OC)c3)C(=O)/C(=C/c3ccc(OC)c(OC)c3)C2)c1. The van der Waals surface area contributed by atoms with E-state index in [2.05, 4.69) is 10.6 Å². The molecule has 9 nitrogen and oxygen atoms in total. The van der Waals surface area contributed by atoms with Crippen LogP contribution < -0.4 is 34.3 Å². The molecule has 1 aliphatic rings. The molecule has 1 fully saturated rings. The van der Waals surface area contributed by atoms with Gasteiger partial charge in [-0.2, -0.15) is 0 Å². The highest BCUT2D eigenvalue weighted by atomic mass is 16.5. The van der Waals surface area contributed by atoms with Gasteiger partial charge in [0.15, 0.2) is 28.8 Å². The molecule has 1 aliphatic carbocycles. The molecule has 41 heavy (non-hydrogen) atoms. The standard InChI is InChI=1S/C32H34N2O7/c1-37-26-8-6-7-24(19-26)33-32(36)34-25-17-22(13-20-9-11-27(38-2)29(15-20)40-4)31(35)23(18-25)14-21-10-12-28(39-3)30(16-21)41-5/h6-16,19,25H,17-18H2,1-5H3,(H2,33,34,36)/b22-13+,23-14+. The molecule has 3 aromatic carbocycles. The summed E-state index contributed by atoms with van der Waals surface area (Å²) in [6.07, 6.45) is 4.34. The van der Waals surface area contributed by atoms with Gasteiger partial charge in [0.05, 0.1) is 35.5 Å². The van der Waals surface area contributed by atoms with Crippen molar-refractivity contribution in [2.45, 2.75) is 18.9 Å². The Morgan fingerprint density at radius 1 is 0.707 bits per heavy atom. The van der Waals surface area contributed by atoms with Gasteiger partial charge in [0, 0.05) is 28.9 Å². The van der Waals surface area contributed by atoms with Crippen LogP contribution in [0.4, 0.5) is 10.5 Å². The lowest BCUT2D eigenvalue weighted by molar-refractivity contribution is -0.113. The van der Waals surface area contributed by atoms with Crippen LogP contribution in [0.25, 0.3) is 12.2 Å². The quantitative estimate of drug-likeness (QED) is 0.322. The van der Waals surface area contributed by atoms with Gasteiger partial charge in [0.2, 0.25) is 0 Å². The fourth-order valence-electron chi connectivity index (χ4n) is 4.69. The van der Waals surface area contributed by atoms with Crippen molar-refractivity contribution >= 4 is 29.7 Å². The van der Waals surface area contributed by atoms with E-state index in [0.717, 1.165) is 11.1 Å². The second-order valence-corrected chi connectivity index (χ2v) is 9.33. The minimum atomic E-state index is -0.381. The van der Waals surface area contributed by atoms with E-state index in [9.17, 15) is 9.59 Å². The molecule has 4 rings (SSSR count). The van der Waals surface area contributed by atoms with Gasteiger partial charge in [-0.3, -0.25) is 4.79 Å². The summed E-state index contributed by atoms with van der Waals surface area (Å²) in [6, 6.07) is 17.3. The van der Waals surface area contributed by atoms with E-state index in [-0.39, 0.29) is 17.9 Å². The number of ether oxygens (including phenoxy) is 5. The number of anilines is 1. The van der Waals surface area contributed by atoms with Gasteiger partial charge >= 0.3 is 6.03 Å². The van der Waals surface area contributed by atoms with Crippen molar-refractivity contribution in [1.82, 2.24) is 5.32 Å². The summed E-state index contributed by atoms with van der Waals surface area (Å²) in [5.74, 6) is 2.82. The van der Waals surface area contributed by atoms with Crippen LogP contribution in [-0.2, 0) is 4.79 Å². The van der Waals surface area contributed by atoms with E-state index in [0.29, 0.717) is 58.4 Å². The van der Waals surface area contributed by atoms with E-state index in [4.69, 9.17) is 23.7 Å². The van der Waals surface area contributed by atoms with Crippen molar-refractivity contribution in [2.75, 3.05) is 40.9 Å². The Morgan fingerprint density at radius 2 is 1.24 bits per heavy atom. The van der Waals surface area contributed by atoms with Gasteiger partial charge in [-0.15, -0.1) is 0 Å². The van der Waals surface area contributed by atoms with Gasteiger partial charge in [0.25, 0.3) is 0 Å². The highest BCUT2D eigenvalue weighted by Gasteiger charge is 2.29. The maximum Gasteiger partial charge on any atom is 0.319 e. The Labute approximate surface area is 239 Å². The fourth-order valence-corrected chi connectivity index (χ4v) is 4.69. The summed E-state index contributed by atoms with van der Waals surface area (Å²) in [5.41, 5.74) is 3.26. The van der Waals surface area contributed by atoms with Gasteiger partial charge in [-0.1, -0.05) is 18.2 Å². The van der Waals surface area contributed by atoms with E-state index < -0.39 is 0 Å². The van der Waals surface area contributed by atoms with Crippen molar-refractivity contribution in [3.05, 3.63) is 82.9 Å². The van der Waals surface area contributed by atoms with Crippen molar-refractivity contribution in [3.63, 3.8) is 0 Å². The molecule has 0 atom stereocenters. The average Bonchev–Trinajstić information content (AvgIpc) is 2.99. The number of amides is 2. The van der Waals surface area contributed by atoms with Crippen LogP contribution in [0.15, 0.2) is 71.8 Å². The molecule has 1 saturated carbocycles. The zero-order valence-electron chi connectivity index (χ0n) is 23.8. The summed E-state index contributed by atoms with van der Waals surface area (Å²) < 4.78 is 26.8. The molecule has 0 bridgehead atoms. The Kier molecular flexibility index (Phi) is 9.52. The van der Waals surface area contributed by atoms with Crippen molar-refractivity contribution in [2.24, 2.45) is 0 Å². The van der Waals surface area contributed by atoms with Gasteiger partial charge < -0.3 is 34.3 Å². The van der Waals surface area contributed by atoms with Gasteiger partial charge in [-0.25, -0.2) is 4.79 Å². The smallest absolute Gasteiger partial charge is 0.319 e. The monoisotopic (exact) mass is 558 g/mol. The Bertz CT molecular complexity index is 1400. The molecule has 0 unspecified atom stereocenters. The lowest BCUT2D eigenvalue weighted by Crippen LogP contribution is -2.41. The Balaban J connectivity index is 1.65. The van der Waals surface area contributed by atoms with Crippen LogP contribution in [0.1, 0.15) is 24.0 Å². The minimum Gasteiger partial charge on any atom is -0.497 e. The number of ketones is 1. The molecule has 0 aliphatic heterocycles. The zero-order valence-corrected chi connectivity index (χ0v) is 23.8. The van der Waals surface area contributed by atoms with Crippen molar-refractivity contribution < 1.29 is 33.3 Å². The molecule has 9 heteroatoms. The number of hydrogen-bond donors (Lipinski definition) is 2. The summed E-state index contributed by atoms with van der Waals surface area (Å²) in [7, 11) is 7.82. The van der Waals surface area contributed by atoms with Crippen LogP contribution in [0.2, 0.25) is 0 Å². The second kappa shape index (κ2) is 13.4. The molecule has 0 radical (unpaired) electrons. The van der Waals surface area contributed by atoms with Crippen LogP contribution in [0, 0.1) is 0 Å². The normalized spacial score (nSPS) is 16.7. The summed E-state index contributed by atoms with van der Waals surface area (Å²) >= 11 is 0. The van der Waals surface area contributed by atoms with Crippen LogP contribution in [0.3, 0.4) is 0 Å². The largest absolute Gasteiger partial charge is 0.497 e. The first-order valence-corrected chi connectivity index (χ1v) is 13.0. The number of carbonyl (C=O) groups excluding carboxylic acids is 2. The third kappa shape index (κ3) is 7.19. The molecular formula is C32H34N2O7. The van der Waals surface area contributed by atoms with Crippen LogP contribution in [-0.4, -0.2) is 53.4 Å². The molecule has 214 valence electrons. The number of methoxy groups -OCH3 is 5. The van der Waals surface area contributed by atoms with E-state index in [1.165, 1.54) is 0 Å². The molecule has 3 aromatic rings. The lowest BCUT2D eigenvalue weighted by atomic mass is 9.83. The third-order valence-electron chi connectivity index (χ3n) is 6.68. The summed E-state index contributed by atoms with van der Waals surface area (Å²) in [4.78, 5) is 26.6. The number of benzene rings is 3. The van der Waals surface area contributed by atoms with Crippen molar-refractivity contribution in [3.8, 4) is 28.7 Å². The molecule has 0 aromatic heterocycles. The summed E-state index contributed by atoms with van der Waals surface area (Å²) in [5, 5.41) is 5.87. The minimum absolute atomic E-state index is 0.0965. The van der Waals surface area contributed by atoms with E-state index >= 15 is 0 Å². The lowest BCUT2D eigenvalue weighted by Gasteiger charge is -2.27. The second-order valence-electron chi connectivity index (χ2n) is 9.33. The van der Waals surface area contributed by atoms with E-state index in [1.807, 2.05) is 36.4 Å². The molecular weight excluding hydrogens is 524 g/mol. The first-order valence-electron chi connectivity index (χ1n) is 13.0. The fraction of sp³-hybridized carbons (Fsp3) is 0.250. The molecule has 0 saturated heterocycles. The number of urea groups is 1. The number of Topliss-reactive ketones (excluding diaryl/α,β-unsaturated/α-hetero) is 1. The Morgan fingerprint density at radius 3 is 1.73 bits per heavy atom.